The van der Waals surface area contributed by atoms with Crippen LogP contribution in [-0.4, -0.2) is 23.5 Å². The molecule has 1 rings (SSSR count). The topological polar surface area (TPSA) is 66.4 Å². The zero-order valence-corrected chi connectivity index (χ0v) is 13.8. The molecule has 0 aromatic rings. The molecule has 1 fully saturated rings. The monoisotopic (exact) mass is 297 g/mol. The molecule has 0 heterocycles. The standard InChI is InChI=1S/C17H31NO3/c1-4-5-6-10-17(2,3)12-18-15(19)13-8-7-9-14(11-13)16(20)21/h13-14H,4-12H2,1-3H3,(H,18,19)(H,20,21). The van der Waals surface area contributed by atoms with Gasteiger partial charge in [-0.05, 0) is 31.1 Å². The summed E-state index contributed by atoms with van der Waals surface area (Å²) in [5, 5.41) is 12.1. The summed E-state index contributed by atoms with van der Waals surface area (Å²) in [6.45, 7) is 7.24. The molecule has 2 atom stereocenters. The largest absolute Gasteiger partial charge is 0.481 e. The summed E-state index contributed by atoms with van der Waals surface area (Å²) in [4.78, 5) is 23.3. The van der Waals surface area contributed by atoms with Gasteiger partial charge in [-0.15, -0.1) is 0 Å². The highest BCUT2D eigenvalue weighted by Crippen LogP contribution is 2.30. The molecular formula is C17H31NO3. The fraction of sp³-hybridized carbons (Fsp3) is 0.882. The van der Waals surface area contributed by atoms with E-state index >= 15 is 0 Å². The summed E-state index contributed by atoms with van der Waals surface area (Å²) in [5.74, 6) is -1.17. The SMILES string of the molecule is CCCCCC(C)(C)CNC(=O)C1CCCC(C(=O)O)C1. The predicted octanol–water partition coefficient (Wildman–Crippen LogP) is 3.60. The minimum absolute atomic E-state index is 0.0458. The second-order valence-corrected chi connectivity index (χ2v) is 7.24. The van der Waals surface area contributed by atoms with E-state index in [2.05, 4.69) is 26.1 Å². The third-order valence-electron chi connectivity index (χ3n) is 4.59. The van der Waals surface area contributed by atoms with E-state index in [1.54, 1.807) is 0 Å². The van der Waals surface area contributed by atoms with Crippen LogP contribution in [0.3, 0.4) is 0 Å². The highest BCUT2D eigenvalue weighted by Gasteiger charge is 2.31. The maximum absolute atomic E-state index is 12.2. The van der Waals surface area contributed by atoms with E-state index in [1.165, 1.54) is 19.3 Å². The number of nitrogens with one attached hydrogen (secondary N) is 1. The molecule has 1 aliphatic carbocycles. The van der Waals surface area contributed by atoms with Gasteiger partial charge in [-0.1, -0.05) is 46.5 Å². The van der Waals surface area contributed by atoms with Crippen molar-refractivity contribution >= 4 is 11.9 Å². The lowest BCUT2D eigenvalue weighted by molar-refractivity contribution is -0.144. The number of unbranched alkanes of at least 4 members (excludes halogenated alkanes) is 2. The van der Waals surface area contributed by atoms with Gasteiger partial charge in [-0.2, -0.15) is 0 Å². The predicted molar refractivity (Wildman–Crippen MR) is 84.0 cm³/mol. The summed E-state index contributed by atoms with van der Waals surface area (Å²) in [6.07, 6.45) is 7.63. The molecule has 4 nitrogen and oxygen atoms in total. The smallest absolute Gasteiger partial charge is 0.306 e. The molecule has 1 amide bonds. The molecule has 2 N–H and O–H groups in total. The molecule has 0 aromatic heterocycles. The van der Waals surface area contributed by atoms with Crippen LogP contribution in [0.2, 0.25) is 0 Å². The first-order chi connectivity index (χ1) is 9.85. The van der Waals surface area contributed by atoms with Gasteiger partial charge in [-0.25, -0.2) is 0 Å². The van der Waals surface area contributed by atoms with Crippen molar-refractivity contribution < 1.29 is 14.7 Å². The van der Waals surface area contributed by atoms with Crippen LogP contribution in [0.1, 0.15) is 72.1 Å². The zero-order chi connectivity index (χ0) is 15.9. The van der Waals surface area contributed by atoms with Crippen LogP contribution in [0.25, 0.3) is 0 Å². The Labute approximate surface area is 128 Å². The summed E-state index contributed by atoms with van der Waals surface area (Å²) in [6, 6.07) is 0. The maximum atomic E-state index is 12.2. The van der Waals surface area contributed by atoms with Crippen LogP contribution < -0.4 is 5.32 Å². The number of carbonyl (C=O) groups is 2. The first-order valence-electron chi connectivity index (χ1n) is 8.36. The van der Waals surface area contributed by atoms with E-state index in [0.717, 1.165) is 19.3 Å². The second-order valence-electron chi connectivity index (χ2n) is 7.24. The van der Waals surface area contributed by atoms with Gasteiger partial charge in [-0.3, -0.25) is 9.59 Å². The first-order valence-corrected chi connectivity index (χ1v) is 8.36. The van der Waals surface area contributed by atoms with Crippen molar-refractivity contribution in [2.45, 2.75) is 72.1 Å². The van der Waals surface area contributed by atoms with E-state index in [4.69, 9.17) is 5.11 Å². The molecule has 21 heavy (non-hydrogen) atoms. The quantitative estimate of drug-likeness (QED) is 0.673. The third-order valence-corrected chi connectivity index (χ3v) is 4.59. The van der Waals surface area contributed by atoms with Crippen LogP contribution in [0.4, 0.5) is 0 Å². The Balaban J connectivity index is 2.37. The number of rotatable bonds is 8. The van der Waals surface area contributed by atoms with Gasteiger partial charge in [0.1, 0.15) is 0 Å². The van der Waals surface area contributed by atoms with Crippen LogP contribution >= 0.6 is 0 Å². The van der Waals surface area contributed by atoms with Crippen molar-refractivity contribution in [3.05, 3.63) is 0 Å². The Kier molecular flexibility index (Phi) is 7.20. The van der Waals surface area contributed by atoms with Crippen LogP contribution in [0, 0.1) is 17.3 Å². The Bertz CT molecular complexity index is 352. The molecule has 2 unspecified atom stereocenters. The average molecular weight is 297 g/mol. The van der Waals surface area contributed by atoms with Gasteiger partial charge in [0, 0.05) is 12.5 Å². The van der Waals surface area contributed by atoms with Gasteiger partial charge in [0.2, 0.25) is 5.91 Å². The summed E-state index contributed by atoms with van der Waals surface area (Å²) in [7, 11) is 0. The molecule has 1 aliphatic rings. The van der Waals surface area contributed by atoms with Crippen molar-refractivity contribution in [3.63, 3.8) is 0 Å². The lowest BCUT2D eigenvalue weighted by Crippen LogP contribution is -2.40. The van der Waals surface area contributed by atoms with E-state index in [-0.39, 0.29) is 23.2 Å². The van der Waals surface area contributed by atoms with Crippen LogP contribution in [-0.2, 0) is 9.59 Å². The highest BCUT2D eigenvalue weighted by atomic mass is 16.4. The Hall–Kier alpha value is -1.06. The molecule has 4 heteroatoms. The fourth-order valence-corrected chi connectivity index (χ4v) is 3.06. The minimum Gasteiger partial charge on any atom is -0.481 e. The number of carbonyl (C=O) groups excluding carboxylic acids is 1. The number of amides is 1. The molecule has 122 valence electrons. The van der Waals surface area contributed by atoms with Crippen molar-refractivity contribution in [1.82, 2.24) is 5.32 Å². The highest BCUT2D eigenvalue weighted by molar-refractivity contribution is 5.80. The van der Waals surface area contributed by atoms with E-state index in [1.807, 2.05) is 0 Å². The normalized spacial score (nSPS) is 22.8. The molecule has 0 bridgehead atoms. The Morgan fingerprint density at radius 3 is 2.48 bits per heavy atom. The number of carboxylic acid groups (broad SMARTS) is 1. The number of carboxylic acids is 1. The Morgan fingerprint density at radius 2 is 1.86 bits per heavy atom. The lowest BCUT2D eigenvalue weighted by Gasteiger charge is -2.29. The van der Waals surface area contributed by atoms with Crippen LogP contribution in [0.15, 0.2) is 0 Å². The van der Waals surface area contributed by atoms with Gasteiger partial charge >= 0.3 is 5.97 Å². The number of hydrogen-bond donors (Lipinski definition) is 2. The molecule has 0 spiro atoms. The average Bonchev–Trinajstić information content (AvgIpc) is 2.45. The van der Waals surface area contributed by atoms with Crippen molar-refractivity contribution in [1.29, 1.82) is 0 Å². The van der Waals surface area contributed by atoms with Crippen molar-refractivity contribution in [3.8, 4) is 0 Å². The van der Waals surface area contributed by atoms with Crippen molar-refractivity contribution in [2.24, 2.45) is 17.3 Å². The molecule has 0 aromatic carbocycles. The second kappa shape index (κ2) is 8.40. The molecular weight excluding hydrogens is 266 g/mol. The molecule has 0 saturated heterocycles. The third kappa shape index (κ3) is 6.49. The summed E-state index contributed by atoms with van der Waals surface area (Å²) in [5.41, 5.74) is 0.117. The van der Waals surface area contributed by atoms with E-state index in [9.17, 15) is 9.59 Å². The summed E-state index contributed by atoms with van der Waals surface area (Å²) < 4.78 is 0. The number of aliphatic carboxylic acids is 1. The molecule has 1 saturated carbocycles. The van der Waals surface area contributed by atoms with E-state index < -0.39 is 5.97 Å². The molecule has 0 aliphatic heterocycles. The Morgan fingerprint density at radius 1 is 1.19 bits per heavy atom. The molecule has 0 radical (unpaired) electrons. The van der Waals surface area contributed by atoms with E-state index in [0.29, 0.717) is 19.4 Å². The van der Waals surface area contributed by atoms with Gasteiger partial charge in [0.05, 0.1) is 5.92 Å². The first kappa shape index (κ1) is 18.0. The van der Waals surface area contributed by atoms with Crippen molar-refractivity contribution in [2.75, 3.05) is 6.54 Å². The van der Waals surface area contributed by atoms with Gasteiger partial charge < -0.3 is 10.4 Å². The maximum Gasteiger partial charge on any atom is 0.306 e. The van der Waals surface area contributed by atoms with Gasteiger partial charge in [0.25, 0.3) is 0 Å². The summed E-state index contributed by atoms with van der Waals surface area (Å²) >= 11 is 0. The zero-order valence-electron chi connectivity index (χ0n) is 13.8. The lowest BCUT2D eigenvalue weighted by atomic mass is 9.80. The van der Waals surface area contributed by atoms with Crippen LogP contribution in [0.5, 0.6) is 0 Å². The fourth-order valence-electron chi connectivity index (χ4n) is 3.06. The minimum atomic E-state index is -0.757. The number of hydrogen-bond acceptors (Lipinski definition) is 2. The van der Waals surface area contributed by atoms with Gasteiger partial charge in [0.15, 0.2) is 0 Å².